The summed E-state index contributed by atoms with van der Waals surface area (Å²) in [6.07, 6.45) is 1.59. The van der Waals surface area contributed by atoms with E-state index in [4.69, 9.17) is 34.8 Å². The molecule has 0 bridgehead atoms. The van der Waals surface area contributed by atoms with Crippen molar-refractivity contribution in [2.45, 2.75) is 0 Å². The number of hydrogen-bond acceptors (Lipinski definition) is 3. The Morgan fingerprint density at radius 1 is 0.839 bits per heavy atom. The first-order valence-electron chi connectivity index (χ1n) is 9.06. The molecule has 8 heteroatoms. The van der Waals surface area contributed by atoms with Crippen LogP contribution in [0.3, 0.4) is 0 Å². The fourth-order valence-corrected chi connectivity index (χ4v) is 3.57. The van der Waals surface area contributed by atoms with Crippen molar-refractivity contribution in [1.29, 1.82) is 0 Å². The Morgan fingerprint density at radius 3 is 2.19 bits per heavy atom. The zero-order chi connectivity index (χ0) is 22.0. The number of benzene rings is 3. The van der Waals surface area contributed by atoms with Gasteiger partial charge in [0.25, 0.3) is 5.91 Å². The van der Waals surface area contributed by atoms with Crippen LogP contribution in [0.4, 0.5) is 10.3 Å². The van der Waals surface area contributed by atoms with Crippen LogP contribution >= 0.6 is 34.8 Å². The Labute approximate surface area is 192 Å². The van der Waals surface area contributed by atoms with E-state index in [-0.39, 0.29) is 11.5 Å². The van der Waals surface area contributed by atoms with Crippen molar-refractivity contribution in [2.75, 3.05) is 5.32 Å². The van der Waals surface area contributed by atoms with Gasteiger partial charge in [0.05, 0.1) is 10.7 Å². The molecular formula is C23H13Cl3FN3O. The fourth-order valence-electron chi connectivity index (χ4n) is 2.94. The summed E-state index contributed by atoms with van der Waals surface area (Å²) in [6, 6.07) is 17.4. The van der Waals surface area contributed by atoms with E-state index in [1.165, 1.54) is 24.3 Å². The van der Waals surface area contributed by atoms with E-state index in [0.29, 0.717) is 31.9 Å². The lowest BCUT2D eigenvalue weighted by atomic mass is 10.0. The smallest absolute Gasteiger partial charge is 0.258 e. The molecule has 1 N–H and O–H groups in total. The first kappa shape index (κ1) is 21.2. The number of carbonyl (C=O) groups excluding carboxylic acids is 1. The molecule has 4 rings (SSSR count). The Balaban J connectivity index is 1.77. The first-order valence-corrected chi connectivity index (χ1v) is 10.2. The van der Waals surface area contributed by atoms with E-state index in [2.05, 4.69) is 15.3 Å². The number of nitrogens with zero attached hydrogens (tertiary/aromatic N) is 2. The third kappa shape index (κ3) is 4.85. The second-order valence-corrected chi connectivity index (χ2v) is 7.83. The lowest BCUT2D eigenvalue weighted by molar-refractivity contribution is 0.102. The van der Waals surface area contributed by atoms with Crippen LogP contribution in [0.2, 0.25) is 15.1 Å². The van der Waals surface area contributed by atoms with E-state index in [0.717, 1.165) is 5.56 Å². The molecule has 1 aromatic heterocycles. The van der Waals surface area contributed by atoms with E-state index >= 15 is 0 Å². The maximum Gasteiger partial charge on any atom is 0.258 e. The molecule has 0 spiro atoms. The summed E-state index contributed by atoms with van der Waals surface area (Å²) in [4.78, 5) is 21.3. The molecule has 0 unspecified atom stereocenters. The van der Waals surface area contributed by atoms with Gasteiger partial charge in [-0.3, -0.25) is 10.1 Å². The second kappa shape index (κ2) is 9.02. The van der Waals surface area contributed by atoms with Crippen molar-refractivity contribution in [3.8, 4) is 22.4 Å². The fraction of sp³-hybridized carbons (Fsp3) is 0. The number of anilines is 1. The summed E-state index contributed by atoms with van der Waals surface area (Å²) in [5.41, 5.74) is 2.92. The average molecular weight is 473 g/mol. The van der Waals surface area contributed by atoms with Crippen molar-refractivity contribution in [2.24, 2.45) is 0 Å². The number of hydrogen-bond donors (Lipinski definition) is 1. The number of nitrogens with one attached hydrogen (secondary N) is 1. The maximum atomic E-state index is 13.1. The van der Waals surface area contributed by atoms with Gasteiger partial charge in [0.2, 0.25) is 5.95 Å². The monoisotopic (exact) mass is 471 g/mol. The summed E-state index contributed by atoms with van der Waals surface area (Å²) in [7, 11) is 0. The van der Waals surface area contributed by atoms with Crippen molar-refractivity contribution in [3.05, 3.63) is 99.4 Å². The molecule has 154 valence electrons. The van der Waals surface area contributed by atoms with Crippen molar-refractivity contribution >= 4 is 46.7 Å². The topological polar surface area (TPSA) is 54.9 Å². The molecule has 0 saturated heterocycles. The Morgan fingerprint density at radius 2 is 1.52 bits per heavy atom. The lowest BCUT2D eigenvalue weighted by Gasteiger charge is -2.13. The highest BCUT2D eigenvalue weighted by molar-refractivity contribution is 6.36. The van der Waals surface area contributed by atoms with Crippen LogP contribution in [0.5, 0.6) is 0 Å². The predicted molar refractivity (Wildman–Crippen MR) is 122 cm³/mol. The molecule has 31 heavy (non-hydrogen) atoms. The average Bonchev–Trinajstić information content (AvgIpc) is 2.75. The van der Waals surface area contributed by atoms with E-state index < -0.39 is 11.7 Å². The quantitative estimate of drug-likeness (QED) is 0.343. The Kier molecular flexibility index (Phi) is 6.18. The minimum Gasteiger partial charge on any atom is -0.290 e. The van der Waals surface area contributed by atoms with E-state index in [1.807, 2.05) is 12.1 Å². The number of halogens is 4. The first-order chi connectivity index (χ1) is 14.9. The molecule has 3 aromatic carbocycles. The van der Waals surface area contributed by atoms with Gasteiger partial charge in [-0.05, 0) is 60.2 Å². The molecule has 0 radical (unpaired) electrons. The van der Waals surface area contributed by atoms with Gasteiger partial charge in [-0.15, -0.1) is 0 Å². The molecule has 4 aromatic rings. The summed E-state index contributed by atoms with van der Waals surface area (Å²) < 4.78 is 13.1. The Hall–Kier alpha value is -2.99. The lowest BCUT2D eigenvalue weighted by Crippen LogP contribution is -2.14. The number of amides is 1. The molecule has 4 nitrogen and oxygen atoms in total. The molecule has 1 amide bonds. The minimum atomic E-state index is -0.465. The zero-order valence-corrected chi connectivity index (χ0v) is 18.0. The second-order valence-electron chi connectivity index (χ2n) is 6.55. The van der Waals surface area contributed by atoms with Gasteiger partial charge in [-0.25, -0.2) is 14.4 Å². The van der Waals surface area contributed by atoms with E-state index in [9.17, 15) is 9.18 Å². The Bertz CT molecular complexity index is 1260. The summed E-state index contributed by atoms with van der Waals surface area (Å²) >= 11 is 18.5. The largest absolute Gasteiger partial charge is 0.290 e. The van der Waals surface area contributed by atoms with Crippen LogP contribution in [-0.4, -0.2) is 15.9 Å². The van der Waals surface area contributed by atoms with Crippen LogP contribution in [-0.2, 0) is 0 Å². The van der Waals surface area contributed by atoms with Crippen molar-refractivity contribution < 1.29 is 9.18 Å². The van der Waals surface area contributed by atoms with Gasteiger partial charge in [0.1, 0.15) is 5.82 Å². The van der Waals surface area contributed by atoms with Gasteiger partial charge < -0.3 is 0 Å². The maximum absolute atomic E-state index is 13.1. The van der Waals surface area contributed by atoms with Gasteiger partial charge in [0.15, 0.2) is 0 Å². The molecule has 0 saturated carbocycles. The van der Waals surface area contributed by atoms with Crippen LogP contribution in [0.25, 0.3) is 22.4 Å². The van der Waals surface area contributed by atoms with Crippen LogP contribution in [0.15, 0.2) is 72.9 Å². The molecule has 0 atom stereocenters. The molecule has 0 aliphatic carbocycles. The highest BCUT2D eigenvalue weighted by atomic mass is 35.5. The normalized spacial score (nSPS) is 10.7. The standard InChI is InChI=1S/C23H13Cl3FN3O/c24-15-5-1-13(2-6-15)19-12-28-23(30-22(31)14-3-8-17(27)9-4-14)29-21(19)18-10-7-16(25)11-20(18)26/h1-12H,(H,28,29,30,31). The van der Waals surface area contributed by atoms with Gasteiger partial charge in [0, 0.05) is 32.9 Å². The van der Waals surface area contributed by atoms with Gasteiger partial charge >= 0.3 is 0 Å². The molecular weight excluding hydrogens is 460 g/mol. The van der Waals surface area contributed by atoms with Crippen LogP contribution in [0, 0.1) is 5.82 Å². The zero-order valence-electron chi connectivity index (χ0n) is 15.7. The molecule has 0 fully saturated rings. The molecule has 0 aliphatic heterocycles. The number of aromatic nitrogens is 2. The predicted octanol–water partition coefficient (Wildman–Crippen LogP) is 7.16. The highest BCUT2D eigenvalue weighted by Crippen LogP contribution is 2.36. The van der Waals surface area contributed by atoms with Crippen molar-refractivity contribution in [3.63, 3.8) is 0 Å². The third-order valence-electron chi connectivity index (χ3n) is 4.46. The van der Waals surface area contributed by atoms with Crippen molar-refractivity contribution in [1.82, 2.24) is 9.97 Å². The SMILES string of the molecule is O=C(Nc1ncc(-c2ccc(Cl)cc2)c(-c2ccc(Cl)cc2Cl)n1)c1ccc(F)cc1. The summed E-state index contributed by atoms with van der Waals surface area (Å²) in [6.45, 7) is 0. The molecule has 1 heterocycles. The number of carbonyl (C=O) groups is 1. The highest BCUT2D eigenvalue weighted by Gasteiger charge is 2.16. The van der Waals surface area contributed by atoms with Crippen LogP contribution < -0.4 is 5.32 Å². The third-order valence-corrected chi connectivity index (χ3v) is 5.26. The summed E-state index contributed by atoms with van der Waals surface area (Å²) in [5.74, 6) is -0.819. The van der Waals surface area contributed by atoms with E-state index in [1.54, 1.807) is 36.5 Å². The van der Waals surface area contributed by atoms with Gasteiger partial charge in [-0.1, -0.05) is 46.9 Å². The molecule has 0 aliphatic rings. The number of rotatable bonds is 4. The van der Waals surface area contributed by atoms with Gasteiger partial charge in [-0.2, -0.15) is 0 Å². The summed E-state index contributed by atoms with van der Waals surface area (Å²) in [5, 5.41) is 4.12. The van der Waals surface area contributed by atoms with Crippen LogP contribution in [0.1, 0.15) is 10.4 Å². The minimum absolute atomic E-state index is 0.0769.